The van der Waals surface area contributed by atoms with Crippen LogP contribution in [0.3, 0.4) is 0 Å². The lowest BCUT2D eigenvalue weighted by Crippen LogP contribution is -2.39. The first kappa shape index (κ1) is 21.6. The molecule has 0 saturated carbocycles. The van der Waals surface area contributed by atoms with Gasteiger partial charge in [0, 0.05) is 17.3 Å². The summed E-state index contributed by atoms with van der Waals surface area (Å²) in [5.74, 6) is -1.05. The molecule has 8 heteroatoms. The molecule has 1 aliphatic rings. The molecule has 26 heavy (non-hydrogen) atoms. The van der Waals surface area contributed by atoms with Gasteiger partial charge in [0.25, 0.3) is 0 Å². The highest BCUT2D eigenvalue weighted by Crippen LogP contribution is 2.22. The van der Waals surface area contributed by atoms with Gasteiger partial charge in [-0.15, -0.1) is 12.4 Å². The average molecular weight is 399 g/mol. The number of halogens is 2. The van der Waals surface area contributed by atoms with Gasteiger partial charge < -0.3 is 15.9 Å². The summed E-state index contributed by atoms with van der Waals surface area (Å²) in [6, 6.07) is 14.7. The largest absolute Gasteiger partial charge is 0.480 e. The van der Waals surface area contributed by atoms with E-state index < -0.39 is 18.1 Å². The molecule has 0 aliphatic carbocycles. The molecule has 1 heterocycles. The van der Waals surface area contributed by atoms with Crippen molar-refractivity contribution < 1.29 is 19.8 Å². The Morgan fingerprint density at radius 3 is 2.23 bits per heavy atom. The molecule has 4 N–H and O–H groups in total. The molecule has 0 radical (unpaired) electrons. The number of nitrogens with zero attached hydrogens (tertiary/aromatic N) is 1. The van der Waals surface area contributed by atoms with Crippen LogP contribution in [0, 0.1) is 0 Å². The Kier molecular flexibility index (Phi) is 8.22. The highest BCUT2D eigenvalue weighted by Gasteiger charge is 2.33. The van der Waals surface area contributed by atoms with Crippen LogP contribution in [0.15, 0.2) is 48.5 Å². The van der Waals surface area contributed by atoms with E-state index in [9.17, 15) is 9.59 Å². The summed E-state index contributed by atoms with van der Waals surface area (Å²) >= 11 is 5.81. The number of amides is 1. The van der Waals surface area contributed by atoms with Crippen LogP contribution in [0.4, 0.5) is 10.5 Å². The van der Waals surface area contributed by atoms with Crippen LogP contribution in [0.25, 0.3) is 11.1 Å². The fourth-order valence-electron chi connectivity index (χ4n) is 2.61. The average Bonchev–Trinajstić information content (AvgIpc) is 3.06. The molecule has 6 nitrogen and oxygen atoms in total. The van der Waals surface area contributed by atoms with Crippen LogP contribution >= 0.6 is 24.0 Å². The van der Waals surface area contributed by atoms with Crippen LogP contribution in [0.2, 0.25) is 5.02 Å². The van der Waals surface area contributed by atoms with Crippen molar-refractivity contribution in [2.75, 3.05) is 12.3 Å². The molecule has 2 aromatic carbocycles. The summed E-state index contributed by atoms with van der Waals surface area (Å²) in [6.07, 6.45) is -0.0693. The zero-order chi connectivity index (χ0) is 18.4. The number of likely N-dealkylation sites (tertiary alicyclic amines) is 1. The fourth-order valence-corrected chi connectivity index (χ4v) is 2.74. The Hall–Kier alpha value is -2.44. The van der Waals surface area contributed by atoms with Gasteiger partial charge in [-0.3, -0.25) is 4.90 Å². The topological polar surface area (TPSA) is 104 Å². The molecule has 3 rings (SSSR count). The number of carboxylic acids is 1. The molecule has 0 bridgehead atoms. The molecule has 0 aromatic heterocycles. The highest BCUT2D eigenvalue weighted by molar-refractivity contribution is 6.30. The maximum Gasteiger partial charge on any atom is 0.408 e. The normalized spacial score (nSPS) is 15.4. The van der Waals surface area contributed by atoms with Crippen molar-refractivity contribution >= 4 is 41.8 Å². The Morgan fingerprint density at radius 2 is 1.73 bits per heavy atom. The van der Waals surface area contributed by atoms with Crippen LogP contribution in [0.1, 0.15) is 12.8 Å². The van der Waals surface area contributed by atoms with E-state index in [4.69, 9.17) is 27.5 Å². The van der Waals surface area contributed by atoms with E-state index in [1.165, 1.54) is 0 Å². The van der Waals surface area contributed by atoms with E-state index in [-0.39, 0.29) is 12.4 Å². The van der Waals surface area contributed by atoms with E-state index in [0.29, 0.717) is 19.4 Å². The molecule has 140 valence electrons. The van der Waals surface area contributed by atoms with Crippen molar-refractivity contribution in [1.82, 2.24) is 4.90 Å². The number of nitrogens with two attached hydrogens (primary N) is 1. The summed E-state index contributed by atoms with van der Waals surface area (Å²) in [4.78, 5) is 21.8. The number of nitrogen functional groups attached to an aromatic ring is 1. The third-order valence-corrected chi connectivity index (χ3v) is 4.10. The molecular formula is C18H20Cl2N2O4. The number of benzene rings is 2. The molecular weight excluding hydrogens is 379 g/mol. The molecule has 1 amide bonds. The monoisotopic (exact) mass is 398 g/mol. The van der Waals surface area contributed by atoms with Gasteiger partial charge in [0.2, 0.25) is 0 Å². The van der Waals surface area contributed by atoms with Gasteiger partial charge in [0.1, 0.15) is 6.04 Å². The van der Waals surface area contributed by atoms with Crippen LogP contribution in [0.5, 0.6) is 0 Å². The third kappa shape index (κ3) is 5.82. The second-order valence-electron chi connectivity index (χ2n) is 5.60. The summed E-state index contributed by atoms with van der Waals surface area (Å²) in [7, 11) is 0. The molecule has 2 aromatic rings. The van der Waals surface area contributed by atoms with E-state index in [1.807, 2.05) is 48.5 Å². The number of carboxylic acid groups (broad SMARTS) is 2. The van der Waals surface area contributed by atoms with Crippen LogP contribution in [-0.4, -0.2) is 39.8 Å². The minimum absolute atomic E-state index is 0. The Labute approximate surface area is 162 Å². The fraction of sp³-hybridized carbons (Fsp3) is 0.222. The summed E-state index contributed by atoms with van der Waals surface area (Å²) in [6.45, 7) is 0.340. The zero-order valence-corrected chi connectivity index (χ0v) is 15.4. The lowest BCUT2D eigenvalue weighted by atomic mass is 10.1. The van der Waals surface area contributed by atoms with E-state index in [0.717, 1.165) is 26.7 Å². The molecule has 1 aliphatic heterocycles. The first-order valence-corrected chi connectivity index (χ1v) is 8.10. The molecule has 1 unspecified atom stereocenters. The van der Waals surface area contributed by atoms with Gasteiger partial charge in [-0.1, -0.05) is 35.9 Å². The van der Waals surface area contributed by atoms with Gasteiger partial charge in [0.05, 0.1) is 0 Å². The maximum atomic E-state index is 10.4. The SMILES string of the molecule is Cl.Nc1cccc(-c2ccc(Cl)cc2)c1.O=C(O)C1CCCN1C(=O)O. The zero-order valence-electron chi connectivity index (χ0n) is 13.8. The van der Waals surface area contributed by atoms with Crippen molar-refractivity contribution in [3.05, 3.63) is 53.6 Å². The number of hydrogen-bond acceptors (Lipinski definition) is 3. The minimum Gasteiger partial charge on any atom is -0.480 e. The van der Waals surface area contributed by atoms with E-state index in [2.05, 4.69) is 0 Å². The van der Waals surface area contributed by atoms with Crippen LogP contribution in [-0.2, 0) is 4.79 Å². The number of carbonyl (C=O) groups is 2. The molecule has 1 atom stereocenters. The summed E-state index contributed by atoms with van der Waals surface area (Å²) < 4.78 is 0. The third-order valence-electron chi connectivity index (χ3n) is 3.85. The van der Waals surface area contributed by atoms with E-state index >= 15 is 0 Å². The van der Waals surface area contributed by atoms with Crippen LogP contribution < -0.4 is 5.73 Å². The van der Waals surface area contributed by atoms with Gasteiger partial charge in [-0.2, -0.15) is 0 Å². The standard InChI is InChI=1S/C12H10ClN.C6H9NO4.ClH/c13-11-6-4-9(5-7-11)10-2-1-3-12(14)8-10;8-5(9)4-2-1-3-7(4)6(10)11;/h1-8H,14H2;4H,1-3H2,(H,8,9)(H,10,11);1H. The van der Waals surface area contributed by atoms with Crippen molar-refractivity contribution in [1.29, 1.82) is 0 Å². The maximum absolute atomic E-state index is 10.4. The number of hydrogen-bond donors (Lipinski definition) is 3. The van der Waals surface area contributed by atoms with Crippen molar-refractivity contribution in [2.45, 2.75) is 18.9 Å². The smallest absolute Gasteiger partial charge is 0.408 e. The number of rotatable bonds is 2. The Balaban J connectivity index is 0.000000258. The van der Waals surface area contributed by atoms with Crippen molar-refractivity contribution in [3.63, 3.8) is 0 Å². The van der Waals surface area contributed by atoms with Gasteiger partial charge >= 0.3 is 12.1 Å². The quantitative estimate of drug-likeness (QED) is 0.656. The van der Waals surface area contributed by atoms with Gasteiger partial charge in [0.15, 0.2) is 0 Å². The molecule has 1 saturated heterocycles. The van der Waals surface area contributed by atoms with Crippen molar-refractivity contribution in [2.24, 2.45) is 0 Å². The first-order valence-electron chi connectivity index (χ1n) is 7.72. The highest BCUT2D eigenvalue weighted by atomic mass is 35.5. The number of aliphatic carboxylic acids is 1. The molecule has 0 spiro atoms. The summed E-state index contributed by atoms with van der Waals surface area (Å²) in [5.41, 5.74) is 8.71. The Bertz CT molecular complexity index is 733. The molecule has 1 fully saturated rings. The minimum atomic E-state index is -1.14. The predicted octanol–water partition coefficient (Wildman–Crippen LogP) is 4.22. The summed E-state index contributed by atoms with van der Waals surface area (Å²) in [5, 5.41) is 17.8. The lowest BCUT2D eigenvalue weighted by molar-refractivity contribution is -0.141. The second-order valence-corrected chi connectivity index (χ2v) is 6.04. The lowest BCUT2D eigenvalue weighted by Gasteiger charge is -2.16. The second kappa shape index (κ2) is 9.89. The van der Waals surface area contributed by atoms with Crippen molar-refractivity contribution in [3.8, 4) is 11.1 Å². The number of anilines is 1. The van der Waals surface area contributed by atoms with E-state index in [1.54, 1.807) is 0 Å². The Morgan fingerprint density at radius 1 is 1.08 bits per heavy atom. The first-order chi connectivity index (χ1) is 11.9. The predicted molar refractivity (Wildman–Crippen MR) is 104 cm³/mol. The van der Waals surface area contributed by atoms with Gasteiger partial charge in [-0.25, -0.2) is 9.59 Å². The van der Waals surface area contributed by atoms with Gasteiger partial charge in [-0.05, 0) is 48.2 Å².